The van der Waals surface area contributed by atoms with Crippen LogP contribution in [0.1, 0.15) is 37.7 Å². The number of nitrogens with zero attached hydrogens (tertiary/aromatic N) is 2. The van der Waals surface area contributed by atoms with Crippen molar-refractivity contribution in [2.24, 2.45) is 17.8 Å². The van der Waals surface area contributed by atoms with E-state index >= 15 is 0 Å². The summed E-state index contributed by atoms with van der Waals surface area (Å²) in [7, 11) is 1.35. The van der Waals surface area contributed by atoms with E-state index in [1.165, 1.54) is 24.1 Å². The maximum Gasteiger partial charge on any atom is 0.253 e. The van der Waals surface area contributed by atoms with Crippen molar-refractivity contribution >= 4 is 46.8 Å². The summed E-state index contributed by atoms with van der Waals surface area (Å²) in [4.78, 5) is 51.7. The summed E-state index contributed by atoms with van der Waals surface area (Å²) < 4.78 is 0. The molecule has 0 spiro atoms. The fourth-order valence-corrected chi connectivity index (χ4v) is 7.35. The van der Waals surface area contributed by atoms with Crippen LogP contribution >= 0.6 is 23.2 Å². The molecule has 7 nitrogen and oxygen atoms in total. The Morgan fingerprint density at radius 3 is 2.48 bits per heavy atom. The Bertz CT molecular complexity index is 1140. The average molecular weight is 491 g/mol. The van der Waals surface area contributed by atoms with E-state index in [-0.39, 0.29) is 24.0 Å². The van der Waals surface area contributed by atoms with Crippen LogP contribution in [0.25, 0.3) is 0 Å². The molecule has 5 rings (SSSR count). The summed E-state index contributed by atoms with van der Waals surface area (Å²) in [5, 5.41) is 10.2. The smallest absolute Gasteiger partial charge is 0.253 e. The third kappa shape index (κ3) is 2.69. The molecular weight excluding hydrogens is 467 g/mol. The van der Waals surface area contributed by atoms with Gasteiger partial charge in [0.15, 0.2) is 9.75 Å². The minimum Gasteiger partial charge on any atom is -0.508 e. The molecule has 174 valence electrons. The number of likely N-dealkylation sites (tertiary alicyclic amines) is 2. The normalized spacial score (nSPS) is 37.8. The van der Waals surface area contributed by atoms with Gasteiger partial charge < -0.3 is 5.11 Å². The first-order valence-electron chi connectivity index (χ1n) is 11.1. The lowest BCUT2D eigenvalue weighted by atomic mass is 9.56. The first kappa shape index (κ1) is 22.4. The van der Waals surface area contributed by atoms with Crippen molar-refractivity contribution in [1.29, 1.82) is 0 Å². The Morgan fingerprint density at radius 2 is 1.82 bits per heavy atom. The summed E-state index contributed by atoms with van der Waals surface area (Å²) in [6, 6.07) is 6.36. The molecule has 0 radical (unpaired) electrons. The molecule has 0 aromatic heterocycles. The van der Waals surface area contributed by atoms with Crippen LogP contribution in [0.15, 0.2) is 35.9 Å². The number of fused-ring (bicyclic) bond motifs is 4. The zero-order valence-corrected chi connectivity index (χ0v) is 19.8. The second-order valence-corrected chi connectivity index (χ2v) is 10.7. The Hall–Kier alpha value is -2.38. The predicted octanol–water partition coefficient (Wildman–Crippen LogP) is 2.79. The number of alkyl halides is 2. The Balaban J connectivity index is 1.71. The van der Waals surface area contributed by atoms with Crippen molar-refractivity contribution in [2.45, 2.75) is 41.9 Å². The highest BCUT2D eigenvalue weighted by molar-refractivity contribution is 6.53. The molecule has 2 aliphatic carbocycles. The Morgan fingerprint density at radius 1 is 1.09 bits per heavy atom. The summed E-state index contributed by atoms with van der Waals surface area (Å²) in [5.41, 5.74) is 1.26. The van der Waals surface area contributed by atoms with Gasteiger partial charge in [-0.1, -0.05) is 30.7 Å². The second-order valence-electron chi connectivity index (χ2n) is 9.42. The molecule has 1 aromatic rings. The van der Waals surface area contributed by atoms with Gasteiger partial charge in [0, 0.05) is 19.5 Å². The van der Waals surface area contributed by atoms with Crippen molar-refractivity contribution in [1.82, 2.24) is 9.80 Å². The zero-order valence-electron chi connectivity index (χ0n) is 18.3. The molecule has 2 aliphatic heterocycles. The number of hydrogen-bond donors (Lipinski definition) is 1. The molecule has 0 bridgehead atoms. The summed E-state index contributed by atoms with van der Waals surface area (Å²) in [6.07, 6.45) is 2.86. The van der Waals surface area contributed by atoms with Gasteiger partial charge in [0.1, 0.15) is 5.75 Å². The van der Waals surface area contributed by atoms with Crippen LogP contribution in [0.3, 0.4) is 0 Å². The van der Waals surface area contributed by atoms with Crippen molar-refractivity contribution in [2.75, 3.05) is 13.6 Å². The van der Waals surface area contributed by atoms with Gasteiger partial charge >= 0.3 is 0 Å². The van der Waals surface area contributed by atoms with E-state index in [0.717, 1.165) is 10.5 Å². The monoisotopic (exact) mass is 490 g/mol. The molecule has 2 saturated heterocycles. The number of aromatic hydroxyl groups is 1. The lowest BCUT2D eigenvalue weighted by molar-refractivity contribution is -0.141. The first-order chi connectivity index (χ1) is 15.6. The van der Waals surface area contributed by atoms with E-state index in [0.29, 0.717) is 24.9 Å². The van der Waals surface area contributed by atoms with Crippen molar-refractivity contribution in [3.05, 3.63) is 41.5 Å². The van der Waals surface area contributed by atoms with Gasteiger partial charge in [-0.3, -0.25) is 29.0 Å². The third-order valence-electron chi connectivity index (χ3n) is 7.76. The van der Waals surface area contributed by atoms with Crippen molar-refractivity contribution < 1.29 is 24.3 Å². The number of carbonyl (C=O) groups is 4. The minimum absolute atomic E-state index is 0.0179. The highest BCUT2D eigenvalue weighted by Crippen LogP contribution is 2.65. The van der Waals surface area contributed by atoms with E-state index in [2.05, 4.69) is 0 Å². The van der Waals surface area contributed by atoms with Gasteiger partial charge in [-0.2, -0.15) is 0 Å². The number of amides is 4. The number of allylic oxidation sites excluding steroid dienone is 2. The SMILES string of the molecule is CCCN1C(=O)[C@H]2[C@H](CC=C3[C@H]2C[C@@]2(Cl)C(=O)N(C)C(=O)[C@@]2(Cl)[C@H]3c2cccc(O)c2)C1=O. The number of halogens is 2. The Kier molecular flexibility index (Phi) is 4.96. The highest BCUT2D eigenvalue weighted by Gasteiger charge is 2.75. The quantitative estimate of drug-likeness (QED) is 0.399. The lowest BCUT2D eigenvalue weighted by Crippen LogP contribution is -2.60. The second kappa shape index (κ2) is 7.31. The predicted molar refractivity (Wildman–Crippen MR) is 121 cm³/mol. The van der Waals surface area contributed by atoms with Crippen LogP contribution in [0.5, 0.6) is 5.75 Å². The average Bonchev–Trinajstić information content (AvgIpc) is 3.09. The van der Waals surface area contributed by atoms with Gasteiger partial charge in [-0.05, 0) is 42.9 Å². The number of imide groups is 2. The molecule has 1 N–H and O–H groups in total. The van der Waals surface area contributed by atoms with E-state index in [9.17, 15) is 24.3 Å². The van der Waals surface area contributed by atoms with Gasteiger partial charge in [0.2, 0.25) is 11.8 Å². The van der Waals surface area contributed by atoms with Gasteiger partial charge in [-0.25, -0.2) is 0 Å². The Labute approximate surface area is 201 Å². The van der Waals surface area contributed by atoms with Gasteiger partial charge in [0.05, 0.1) is 11.8 Å². The standard InChI is InChI=1S/C24H24Cl2N2O5/c1-3-9-28-19(30)15-8-7-14-16(17(15)20(28)31)11-23(25)21(32)27(2)22(33)24(23,26)18(14)12-5-4-6-13(29)10-12/h4-7,10,15-18,29H,3,8-9,11H2,1-2H3/t15-,16+,17-,18-,23+,24-/m0/s1. The van der Waals surface area contributed by atoms with Crippen LogP contribution in [0.2, 0.25) is 0 Å². The van der Waals surface area contributed by atoms with E-state index in [1.54, 1.807) is 12.1 Å². The molecule has 4 amide bonds. The summed E-state index contributed by atoms with van der Waals surface area (Å²) >= 11 is 14.1. The number of phenols is 1. The number of rotatable bonds is 3. The zero-order chi connectivity index (χ0) is 23.9. The van der Waals surface area contributed by atoms with Crippen LogP contribution < -0.4 is 0 Å². The van der Waals surface area contributed by atoms with Crippen LogP contribution in [-0.4, -0.2) is 61.9 Å². The largest absolute Gasteiger partial charge is 0.508 e. The van der Waals surface area contributed by atoms with Crippen LogP contribution in [0, 0.1) is 17.8 Å². The molecule has 3 fully saturated rings. The summed E-state index contributed by atoms with van der Waals surface area (Å²) in [6.45, 7) is 2.24. The van der Waals surface area contributed by atoms with Gasteiger partial charge in [0.25, 0.3) is 11.8 Å². The molecule has 0 unspecified atom stereocenters. The molecule has 33 heavy (non-hydrogen) atoms. The van der Waals surface area contributed by atoms with E-state index in [1.807, 2.05) is 13.0 Å². The van der Waals surface area contributed by atoms with Crippen LogP contribution in [0.4, 0.5) is 0 Å². The number of carbonyl (C=O) groups excluding carboxylic acids is 4. The van der Waals surface area contributed by atoms with E-state index < -0.39 is 45.2 Å². The molecule has 2 heterocycles. The summed E-state index contributed by atoms with van der Waals surface area (Å²) in [5.74, 6) is -4.24. The van der Waals surface area contributed by atoms with E-state index in [4.69, 9.17) is 23.2 Å². The fourth-order valence-electron chi connectivity index (χ4n) is 6.33. The first-order valence-corrected chi connectivity index (χ1v) is 11.9. The number of hydrogen-bond acceptors (Lipinski definition) is 5. The minimum atomic E-state index is -1.82. The molecular formula is C24H24Cl2N2O5. The van der Waals surface area contributed by atoms with Crippen molar-refractivity contribution in [3.8, 4) is 5.75 Å². The molecule has 1 saturated carbocycles. The molecule has 1 aromatic carbocycles. The molecule has 6 atom stereocenters. The lowest BCUT2D eigenvalue weighted by Gasteiger charge is -2.50. The molecule has 4 aliphatic rings. The number of phenolic OH excluding ortho intramolecular Hbond substituents is 1. The third-order valence-corrected chi connectivity index (χ3v) is 9.17. The van der Waals surface area contributed by atoms with Crippen LogP contribution in [-0.2, 0) is 19.2 Å². The fraction of sp³-hybridized carbons (Fsp3) is 0.500. The molecule has 9 heteroatoms. The number of benzene rings is 1. The maximum atomic E-state index is 13.4. The van der Waals surface area contributed by atoms with Crippen molar-refractivity contribution in [3.63, 3.8) is 0 Å². The van der Waals surface area contributed by atoms with Gasteiger partial charge in [-0.15, -0.1) is 23.2 Å². The topological polar surface area (TPSA) is 95.0 Å². The maximum absolute atomic E-state index is 13.4. The highest BCUT2D eigenvalue weighted by atomic mass is 35.5.